The summed E-state index contributed by atoms with van der Waals surface area (Å²) in [6.07, 6.45) is 5.33. The third-order valence-corrected chi connectivity index (χ3v) is 8.28. The molecular formula is C21H30ClN3O4S. The normalized spacial score (nSPS) is 19.3. The maximum Gasteiger partial charge on any atom is 0.253 e. The molecular weight excluding hydrogens is 426 g/mol. The summed E-state index contributed by atoms with van der Waals surface area (Å²) < 4.78 is 27.8. The topological polar surface area (TPSA) is 86.8 Å². The van der Waals surface area contributed by atoms with E-state index in [1.54, 1.807) is 11.0 Å². The zero-order chi connectivity index (χ0) is 21.7. The first-order chi connectivity index (χ1) is 14.3. The molecule has 0 saturated carbocycles. The third-order valence-electron chi connectivity index (χ3n) is 5.90. The maximum atomic E-state index is 13.2. The van der Waals surface area contributed by atoms with Gasteiger partial charge in [-0.25, -0.2) is 8.42 Å². The van der Waals surface area contributed by atoms with E-state index in [2.05, 4.69) is 5.32 Å². The molecule has 2 fully saturated rings. The van der Waals surface area contributed by atoms with Crippen molar-refractivity contribution in [1.82, 2.24) is 14.5 Å². The second-order valence-corrected chi connectivity index (χ2v) is 10.4. The Morgan fingerprint density at radius 2 is 1.70 bits per heavy atom. The number of halogens is 1. The van der Waals surface area contributed by atoms with Gasteiger partial charge in [0.05, 0.1) is 5.02 Å². The van der Waals surface area contributed by atoms with Gasteiger partial charge in [0.2, 0.25) is 15.9 Å². The third kappa shape index (κ3) is 5.53. The Bertz CT molecular complexity index is 874. The van der Waals surface area contributed by atoms with E-state index in [0.717, 1.165) is 38.5 Å². The highest BCUT2D eigenvalue weighted by atomic mass is 35.5. The van der Waals surface area contributed by atoms with E-state index < -0.39 is 10.0 Å². The number of sulfonamides is 1. The molecule has 0 spiro atoms. The van der Waals surface area contributed by atoms with Gasteiger partial charge in [-0.1, -0.05) is 24.4 Å². The minimum Gasteiger partial charge on any atom is -0.356 e. The Kier molecular flexibility index (Phi) is 7.76. The van der Waals surface area contributed by atoms with E-state index in [1.165, 1.54) is 23.4 Å². The standard InChI is InChI=1S/C21H30ClN3O4S/c1-16(26)23-15-17-8-12-24(13-9-17)21(27)18-6-7-19(22)20(14-18)30(28,29)25-10-4-2-3-5-11-25/h6-7,14,17H,2-5,8-13,15H2,1H3,(H,23,26). The van der Waals surface area contributed by atoms with Gasteiger partial charge < -0.3 is 10.2 Å². The van der Waals surface area contributed by atoms with Crippen LogP contribution in [-0.4, -0.2) is 62.2 Å². The fraction of sp³-hybridized carbons (Fsp3) is 0.619. The summed E-state index contributed by atoms with van der Waals surface area (Å²) in [7, 11) is -3.74. The van der Waals surface area contributed by atoms with Gasteiger partial charge in [0.1, 0.15) is 4.90 Å². The van der Waals surface area contributed by atoms with Crippen molar-refractivity contribution < 1.29 is 18.0 Å². The summed E-state index contributed by atoms with van der Waals surface area (Å²) in [5, 5.41) is 2.97. The first kappa shape index (κ1) is 23.0. The van der Waals surface area contributed by atoms with E-state index >= 15 is 0 Å². The Morgan fingerprint density at radius 3 is 2.30 bits per heavy atom. The average molecular weight is 456 g/mol. The van der Waals surface area contributed by atoms with E-state index in [1.807, 2.05) is 0 Å². The number of nitrogens with zero attached hydrogens (tertiary/aromatic N) is 2. The zero-order valence-corrected chi connectivity index (χ0v) is 19.0. The molecule has 0 bridgehead atoms. The van der Waals surface area contributed by atoms with Crippen LogP contribution in [0.5, 0.6) is 0 Å². The number of likely N-dealkylation sites (tertiary alicyclic amines) is 1. The van der Waals surface area contributed by atoms with Crippen LogP contribution in [0.3, 0.4) is 0 Å². The second kappa shape index (κ2) is 10.1. The highest BCUT2D eigenvalue weighted by Crippen LogP contribution is 2.28. The summed E-state index contributed by atoms with van der Waals surface area (Å²) in [5.74, 6) is 0.118. The predicted octanol–water partition coefficient (Wildman–Crippen LogP) is 2.89. The molecule has 2 amide bonds. The summed E-state index contributed by atoms with van der Waals surface area (Å²) in [4.78, 5) is 25.8. The van der Waals surface area contributed by atoms with Gasteiger partial charge in [-0.15, -0.1) is 0 Å². The molecule has 1 aromatic carbocycles. The van der Waals surface area contributed by atoms with Crippen LogP contribution >= 0.6 is 11.6 Å². The number of hydrogen-bond donors (Lipinski definition) is 1. The number of carbonyl (C=O) groups excluding carboxylic acids is 2. The predicted molar refractivity (Wildman–Crippen MR) is 116 cm³/mol. The van der Waals surface area contributed by atoms with Gasteiger partial charge >= 0.3 is 0 Å². The second-order valence-electron chi connectivity index (χ2n) is 8.14. The lowest BCUT2D eigenvalue weighted by molar-refractivity contribution is -0.119. The first-order valence-electron chi connectivity index (χ1n) is 10.6. The van der Waals surface area contributed by atoms with Crippen LogP contribution in [0.1, 0.15) is 55.8 Å². The van der Waals surface area contributed by atoms with Crippen molar-refractivity contribution in [2.24, 2.45) is 5.92 Å². The minimum atomic E-state index is -3.74. The lowest BCUT2D eigenvalue weighted by Gasteiger charge is -2.32. The van der Waals surface area contributed by atoms with Crippen LogP contribution < -0.4 is 5.32 Å². The van der Waals surface area contributed by atoms with Crippen LogP contribution in [0, 0.1) is 5.92 Å². The number of rotatable bonds is 5. The maximum absolute atomic E-state index is 13.2. The van der Waals surface area contributed by atoms with Crippen LogP contribution in [0.25, 0.3) is 0 Å². The monoisotopic (exact) mass is 455 g/mol. The molecule has 3 rings (SSSR count). The van der Waals surface area contributed by atoms with Crippen molar-refractivity contribution in [3.8, 4) is 0 Å². The van der Waals surface area contributed by atoms with Crippen LogP contribution in [0.2, 0.25) is 5.02 Å². The number of piperidine rings is 1. The summed E-state index contributed by atoms with van der Waals surface area (Å²) >= 11 is 6.25. The summed E-state index contributed by atoms with van der Waals surface area (Å²) in [6, 6.07) is 4.52. The average Bonchev–Trinajstić information content (AvgIpc) is 3.02. The highest BCUT2D eigenvalue weighted by molar-refractivity contribution is 7.89. The molecule has 166 valence electrons. The molecule has 2 aliphatic heterocycles. The molecule has 2 saturated heterocycles. The highest BCUT2D eigenvalue weighted by Gasteiger charge is 2.29. The number of carbonyl (C=O) groups is 2. The molecule has 30 heavy (non-hydrogen) atoms. The van der Waals surface area contributed by atoms with E-state index in [-0.39, 0.29) is 21.7 Å². The molecule has 0 aromatic heterocycles. The SMILES string of the molecule is CC(=O)NCC1CCN(C(=O)c2ccc(Cl)c(S(=O)(=O)N3CCCCCC3)c2)CC1. The largest absolute Gasteiger partial charge is 0.356 e. The smallest absolute Gasteiger partial charge is 0.253 e. The number of benzene rings is 1. The zero-order valence-electron chi connectivity index (χ0n) is 17.4. The molecule has 0 aliphatic carbocycles. The molecule has 0 atom stereocenters. The molecule has 0 radical (unpaired) electrons. The molecule has 1 N–H and O–H groups in total. The fourth-order valence-corrected chi connectivity index (χ4v) is 6.08. The summed E-state index contributed by atoms with van der Waals surface area (Å²) in [5.41, 5.74) is 0.341. The van der Waals surface area contributed by atoms with Crippen molar-refractivity contribution in [2.45, 2.75) is 50.3 Å². The molecule has 9 heteroatoms. The van der Waals surface area contributed by atoms with Gasteiger partial charge in [-0.3, -0.25) is 9.59 Å². The number of nitrogens with one attached hydrogen (secondary N) is 1. The summed E-state index contributed by atoms with van der Waals surface area (Å²) in [6.45, 7) is 4.25. The Labute approximate surface area is 183 Å². The molecule has 0 unspecified atom stereocenters. The van der Waals surface area contributed by atoms with Crippen molar-refractivity contribution in [3.63, 3.8) is 0 Å². The molecule has 2 aliphatic rings. The van der Waals surface area contributed by atoms with E-state index in [0.29, 0.717) is 44.2 Å². The van der Waals surface area contributed by atoms with E-state index in [4.69, 9.17) is 11.6 Å². The number of amides is 2. The van der Waals surface area contributed by atoms with Crippen molar-refractivity contribution >= 4 is 33.4 Å². The van der Waals surface area contributed by atoms with Gasteiger partial charge in [0.15, 0.2) is 0 Å². The van der Waals surface area contributed by atoms with Crippen LogP contribution in [0.4, 0.5) is 0 Å². The lowest BCUT2D eigenvalue weighted by Crippen LogP contribution is -2.41. The first-order valence-corrected chi connectivity index (χ1v) is 12.4. The van der Waals surface area contributed by atoms with Gasteiger partial charge in [0.25, 0.3) is 5.91 Å². The molecule has 1 aromatic rings. The van der Waals surface area contributed by atoms with E-state index in [9.17, 15) is 18.0 Å². The van der Waals surface area contributed by atoms with Crippen molar-refractivity contribution in [1.29, 1.82) is 0 Å². The molecule has 2 heterocycles. The van der Waals surface area contributed by atoms with Gasteiger partial charge in [-0.05, 0) is 49.8 Å². The Balaban J connectivity index is 1.72. The quantitative estimate of drug-likeness (QED) is 0.739. The van der Waals surface area contributed by atoms with Crippen LogP contribution in [0.15, 0.2) is 23.1 Å². The van der Waals surface area contributed by atoms with Gasteiger partial charge in [0, 0.05) is 45.2 Å². The Morgan fingerprint density at radius 1 is 1.07 bits per heavy atom. The van der Waals surface area contributed by atoms with Crippen molar-refractivity contribution in [3.05, 3.63) is 28.8 Å². The van der Waals surface area contributed by atoms with Crippen molar-refractivity contribution in [2.75, 3.05) is 32.7 Å². The fourth-order valence-electron chi connectivity index (χ4n) is 4.07. The lowest BCUT2D eigenvalue weighted by atomic mass is 9.96. The molecule has 7 nitrogen and oxygen atoms in total. The number of hydrogen-bond acceptors (Lipinski definition) is 4. The minimum absolute atomic E-state index is 0.0115. The van der Waals surface area contributed by atoms with Crippen LogP contribution in [-0.2, 0) is 14.8 Å². The van der Waals surface area contributed by atoms with Gasteiger partial charge in [-0.2, -0.15) is 4.31 Å². The Hall–Kier alpha value is -1.64.